The highest BCUT2D eigenvalue weighted by atomic mass is 19.2. The predicted octanol–water partition coefficient (Wildman–Crippen LogP) is 2.84. The molecule has 0 aliphatic heterocycles. The van der Waals surface area contributed by atoms with Gasteiger partial charge >= 0.3 is 0 Å². The van der Waals surface area contributed by atoms with E-state index in [0.29, 0.717) is 12.3 Å². The number of benzene rings is 1. The molecule has 0 saturated heterocycles. The first-order chi connectivity index (χ1) is 11.0. The first-order valence-corrected chi connectivity index (χ1v) is 7.97. The molecule has 0 aromatic heterocycles. The summed E-state index contributed by atoms with van der Waals surface area (Å²) in [6, 6.07) is 2.18. The summed E-state index contributed by atoms with van der Waals surface area (Å²) in [5, 5.41) is 5.07. The maximum Gasteiger partial charge on any atom is 0.246 e. The number of nitrogens with one attached hydrogen (secondary N) is 2. The van der Waals surface area contributed by atoms with Crippen LogP contribution in [0.5, 0.6) is 0 Å². The maximum atomic E-state index is 13.4. The van der Waals surface area contributed by atoms with Gasteiger partial charge in [0.2, 0.25) is 11.8 Å². The van der Waals surface area contributed by atoms with Crippen LogP contribution in [0.15, 0.2) is 18.2 Å². The minimum atomic E-state index is -1.04. The second-order valence-corrected chi connectivity index (χ2v) is 6.00. The van der Waals surface area contributed by atoms with Crippen molar-refractivity contribution >= 4 is 11.8 Å². The van der Waals surface area contributed by atoms with Crippen LogP contribution in [0.1, 0.15) is 50.1 Å². The lowest BCUT2D eigenvalue weighted by molar-refractivity contribution is -0.129. The largest absolute Gasteiger partial charge is 0.357 e. The van der Waals surface area contributed by atoms with Gasteiger partial charge in [0, 0.05) is 13.5 Å². The zero-order chi connectivity index (χ0) is 16.8. The van der Waals surface area contributed by atoms with Crippen LogP contribution in [0.2, 0.25) is 0 Å². The third-order valence-corrected chi connectivity index (χ3v) is 4.29. The molecule has 126 valence electrons. The van der Waals surface area contributed by atoms with E-state index in [9.17, 15) is 18.4 Å². The Morgan fingerprint density at radius 3 is 2.48 bits per heavy atom. The minimum Gasteiger partial charge on any atom is -0.357 e. The second kappa shape index (κ2) is 8.04. The number of carbonyl (C=O) groups is 2. The molecule has 0 spiro atoms. The standard InChI is InChI=1S/C17H22F2N2O2/c1-20-17(23)16(12-7-8-13(18)14(19)10-12)21-15(22)9-11-5-3-2-4-6-11/h7-8,10-11,16H,2-6,9H2,1H3,(H,20,23)(H,21,22). The SMILES string of the molecule is CNC(=O)C(NC(=O)CC1CCCCC1)c1ccc(F)c(F)c1. The van der Waals surface area contributed by atoms with Gasteiger partial charge in [-0.2, -0.15) is 0 Å². The van der Waals surface area contributed by atoms with Gasteiger partial charge in [-0.15, -0.1) is 0 Å². The Hall–Kier alpha value is -1.98. The van der Waals surface area contributed by atoms with Crippen molar-refractivity contribution in [3.63, 3.8) is 0 Å². The molecule has 2 N–H and O–H groups in total. The summed E-state index contributed by atoms with van der Waals surface area (Å²) in [6.07, 6.45) is 5.84. The first kappa shape index (κ1) is 17.4. The van der Waals surface area contributed by atoms with Crippen molar-refractivity contribution in [2.75, 3.05) is 7.05 Å². The number of hydrogen-bond donors (Lipinski definition) is 2. The van der Waals surface area contributed by atoms with Crippen LogP contribution in [-0.4, -0.2) is 18.9 Å². The van der Waals surface area contributed by atoms with Gasteiger partial charge in [0.05, 0.1) is 0 Å². The lowest BCUT2D eigenvalue weighted by Gasteiger charge is -2.23. The normalized spacial score (nSPS) is 16.7. The van der Waals surface area contributed by atoms with Crippen LogP contribution in [0.4, 0.5) is 8.78 Å². The smallest absolute Gasteiger partial charge is 0.246 e. The zero-order valence-electron chi connectivity index (χ0n) is 13.2. The van der Waals surface area contributed by atoms with Crippen molar-refractivity contribution in [1.82, 2.24) is 10.6 Å². The highest BCUT2D eigenvalue weighted by Gasteiger charge is 2.25. The van der Waals surface area contributed by atoms with E-state index in [1.54, 1.807) is 0 Å². The second-order valence-electron chi connectivity index (χ2n) is 6.00. The number of amides is 2. The summed E-state index contributed by atoms with van der Waals surface area (Å²) >= 11 is 0. The fourth-order valence-corrected chi connectivity index (χ4v) is 3.01. The quantitative estimate of drug-likeness (QED) is 0.875. The topological polar surface area (TPSA) is 58.2 Å². The molecule has 6 heteroatoms. The van der Waals surface area contributed by atoms with Crippen LogP contribution in [0.3, 0.4) is 0 Å². The van der Waals surface area contributed by atoms with Crippen molar-refractivity contribution in [3.05, 3.63) is 35.4 Å². The predicted molar refractivity (Wildman–Crippen MR) is 82.5 cm³/mol. The van der Waals surface area contributed by atoms with Gasteiger partial charge in [0.1, 0.15) is 6.04 Å². The highest BCUT2D eigenvalue weighted by molar-refractivity contribution is 5.88. The number of halogens is 2. The van der Waals surface area contributed by atoms with Crippen molar-refractivity contribution < 1.29 is 18.4 Å². The van der Waals surface area contributed by atoms with Crippen molar-refractivity contribution in [1.29, 1.82) is 0 Å². The molecule has 2 rings (SSSR count). The summed E-state index contributed by atoms with van der Waals surface area (Å²) < 4.78 is 26.5. The molecule has 1 saturated carbocycles. The number of carbonyl (C=O) groups excluding carboxylic acids is 2. The average Bonchev–Trinajstić information content (AvgIpc) is 2.55. The Morgan fingerprint density at radius 2 is 1.87 bits per heavy atom. The molecule has 1 atom stereocenters. The van der Waals surface area contributed by atoms with E-state index in [4.69, 9.17) is 0 Å². The fraction of sp³-hybridized carbons (Fsp3) is 0.529. The molecule has 0 bridgehead atoms. The molecule has 2 amide bonds. The summed E-state index contributed by atoms with van der Waals surface area (Å²) in [5.41, 5.74) is 0.222. The van der Waals surface area contributed by atoms with Gasteiger partial charge in [-0.1, -0.05) is 25.3 Å². The van der Waals surface area contributed by atoms with Gasteiger partial charge in [-0.25, -0.2) is 8.78 Å². The molecular formula is C17H22F2N2O2. The van der Waals surface area contributed by atoms with Gasteiger partial charge in [0.25, 0.3) is 0 Å². The van der Waals surface area contributed by atoms with Crippen LogP contribution < -0.4 is 10.6 Å². The molecule has 0 radical (unpaired) electrons. The van der Waals surface area contributed by atoms with Gasteiger partial charge in [0.15, 0.2) is 11.6 Å². The van der Waals surface area contributed by atoms with Gasteiger partial charge in [-0.05, 0) is 36.5 Å². The third-order valence-electron chi connectivity index (χ3n) is 4.29. The first-order valence-electron chi connectivity index (χ1n) is 7.97. The highest BCUT2D eigenvalue weighted by Crippen LogP contribution is 2.26. The van der Waals surface area contributed by atoms with E-state index >= 15 is 0 Å². The molecule has 1 fully saturated rings. The summed E-state index contributed by atoms with van der Waals surface area (Å²) in [5.74, 6) is -2.40. The maximum absolute atomic E-state index is 13.4. The van der Waals surface area contributed by atoms with Crippen molar-refractivity contribution in [2.24, 2.45) is 5.92 Å². The Labute approximate surface area is 134 Å². The van der Waals surface area contributed by atoms with E-state index in [0.717, 1.165) is 37.8 Å². The van der Waals surface area contributed by atoms with E-state index < -0.39 is 23.6 Å². The van der Waals surface area contributed by atoms with Crippen LogP contribution in [-0.2, 0) is 9.59 Å². The van der Waals surface area contributed by atoms with Gasteiger partial charge < -0.3 is 10.6 Å². The lowest BCUT2D eigenvalue weighted by atomic mass is 9.86. The van der Waals surface area contributed by atoms with E-state index in [-0.39, 0.29) is 11.5 Å². The summed E-state index contributed by atoms with van der Waals surface area (Å²) in [6.45, 7) is 0. The fourth-order valence-electron chi connectivity index (χ4n) is 3.01. The molecule has 23 heavy (non-hydrogen) atoms. The summed E-state index contributed by atoms with van der Waals surface area (Å²) in [4.78, 5) is 24.2. The minimum absolute atomic E-state index is 0.222. The van der Waals surface area contributed by atoms with Gasteiger partial charge in [-0.3, -0.25) is 9.59 Å². The van der Waals surface area contributed by atoms with Crippen molar-refractivity contribution in [3.8, 4) is 0 Å². The summed E-state index contributed by atoms with van der Waals surface area (Å²) in [7, 11) is 1.43. The Balaban J connectivity index is 2.07. The van der Waals surface area contributed by atoms with E-state index in [1.165, 1.54) is 19.5 Å². The van der Waals surface area contributed by atoms with E-state index in [1.807, 2.05) is 0 Å². The molecule has 1 unspecified atom stereocenters. The Bertz CT molecular complexity index is 572. The molecule has 1 aliphatic carbocycles. The number of likely N-dealkylation sites (N-methyl/N-ethyl adjacent to an activating group) is 1. The third kappa shape index (κ3) is 4.74. The molecule has 1 aromatic carbocycles. The Morgan fingerprint density at radius 1 is 1.17 bits per heavy atom. The molecule has 0 heterocycles. The number of rotatable bonds is 5. The number of hydrogen-bond acceptors (Lipinski definition) is 2. The Kier molecular flexibility index (Phi) is 6.07. The lowest BCUT2D eigenvalue weighted by Crippen LogP contribution is -2.39. The molecular weight excluding hydrogens is 302 g/mol. The average molecular weight is 324 g/mol. The van der Waals surface area contributed by atoms with Crippen LogP contribution in [0, 0.1) is 17.6 Å². The van der Waals surface area contributed by atoms with Crippen molar-refractivity contribution in [2.45, 2.75) is 44.6 Å². The monoisotopic (exact) mass is 324 g/mol. The molecule has 4 nitrogen and oxygen atoms in total. The zero-order valence-corrected chi connectivity index (χ0v) is 13.2. The molecule has 1 aliphatic rings. The molecule has 1 aromatic rings. The van der Waals surface area contributed by atoms with Crippen LogP contribution in [0.25, 0.3) is 0 Å². The van der Waals surface area contributed by atoms with Crippen LogP contribution >= 0.6 is 0 Å². The van der Waals surface area contributed by atoms with E-state index in [2.05, 4.69) is 10.6 Å².